The van der Waals surface area contributed by atoms with Crippen LogP contribution in [0.15, 0.2) is 22.7 Å². The lowest BCUT2D eigenvalue weighted by Gasteiger charge is -2.35. The first-order valence-corrected chi connectivity index (χ1v) is 7.30. The molecule has 7 heteroatoms. The van der Waals surface area contributed by atoms with E-state index in [0.29, 0.717) is 29.0 Å². The maximum Gasteiger partial charge on any atom is 0.255 e. The molecule has 1 amide bonds. The molecular formula is C14H16BrF2NO3. The van der Waals surface area contributed by atoms with Crippen LogP contribution in [0.1, 0.15) is 23.2 Å². The molecule has 0 radical (unpaired) electrons. The molecule has 21 heavy (non-hydrogen) atoms. The van der Waals surface area contributed by atoms with Crippen molar-refractivity contribution in [2.45, 2.75) is 24.8 Å². The highest BCUT2D eigenvalue weighted by atomic mass is 79.9. The summed E-state index contributed by atoms with van der Waals surface area (Å²) in [5.74, 6) is -2.67. The molecule has 0 heterocycles. The summed E-state index contributed by atoms with van der Waals surface area (Å²) in [5, 5.41) is 2.60. The van der Waals surface area contributed by atoms with Gasteiger partial charge in [0.2, 0.25) is 0 Å². The molecule has 1 fully saturated rings. The first kappa shape index (κ1) is 16.2. The number of alkyl halides is 2. The monoisotopic (exact) mass is 363 g/mol. The number of benzene rings is 1. The molecule has 0 atom stereocenters. The second-order valence-electron chi connectivity index (χ2n) is 4.92. The molecule has 1 aliphatic carbocycles. The van der Waals surface area contributed by atoms with Gasteiger partial charge in [-0.05, 0) is 18.2 Å². The summed E-state index contributed by atoms with van der Waals surface area (Å²) in [6.07, 6.45) is -0.626. The van der Waals surface area contributed by atoms with Gasteiger partial charge in [-0.3, -0.25) is 4.79 Å². The number of nitrogens with one attached hydrogen (secondary N) is 1. The fraction of sp³-hybridized carbons (Fsp3) is 0.500. The van der Waals surface area contributed by atoms with Gasteiger partial charge >= 0.3 is 0 Å². The SMILES string of the molecule is COCCOc1ccc(Br)cc1C(=O)NC1CC(F)(F)C1. The number of methoxy groups -OCH3 is 1. The van der Waals surface area contributed by atoms with Gasteiger partial charge in [0.05, 0.1) is 12.2 Å². The second-order valence-corrected chi connectivity index (χ2v) is 5.83. The van der Waals surface area contributed by atoms with Crippen molar-refractivity contribution < 1.29 is 23.0 Å². The number of hydrogen-bond acceptors (Lipinski definition) is 3. The highest BCUT2D eigenvalue weighted by molar-refractivity contribution is 9.10. The van der Waals surface area contributed by atoms with Gasteiger partial charge in [-0.1, -0.05) is 15.9 Å². The fourth-order valence-electron chi connectivity index (χ4n) is 2.07. The summed E-state index contributed by atoms with van der Waals surface area (Å²) in [4.78, 5) is 12.2. The summed E-state index contributed by atoms with van der Waals surface area (Å²) in [6, 6.07) is 4.52. The van der Waals surface area contributed by atoms with Crippen molar-refractivity contribution in [3.63, 3.8) is 0 Å². The normalized spacial score (nSPS) is 17.1. The number of carbonyl (C=O) groups is 1. The van der Waals surface area contributed by atoms with Crippen molar-refractivity contribution >= 4 is 21.8 Å². The van der Waals surface area contributed by atoms with Crippen LogP contribution in [0.25, 0.3) is 0 Å². The van der Waals surface area contributed by atoms with E-state index in [1.807, 2.05) is 0 Å². The number of ether oxygens (including phenoxy) is 2. The number of halogens is 3. The van der Waals surface area contributed by atoms with Crippen LogP contribution in [0, 0.1) is 0 Å². The van der Waals surface area contributed by atoms with Gasteiger partial charge in [-0.15, -0.1) is 0 Å². The van der Waals surface area contributed by atoms with E-state index in [2.05, 4.69) is 21.2 Å². The quantitative estimate of drug-likeness (QED) is 0.790. The van der Waals surface area contributed by atoms with Crippen LogP contribution in [0.3, 0.4) is 0 Å². The Labute approximate surface area is 129 Å². The first-order chi connectivity index (χ1) is 9.91. The van der Waals surface area contributed by atoms with Crippen LogP contribution < -0.4 is 10.1 Å². The summed E-state index contributed by atoms with van der Waals surface area (Å²) in [6.45, 7) is 0.700. The summed E-state index contributed by atoms with van der Waals surface area (Å²) < 4.78 is 36.7. The average molecular weight is 364 g/mol. The van der Waals surface area contributed by atoms with Crippen molar-refractivity contribution in [3.8, 4) is 5.75 Å². The lowest BCUT2D eigenvalue weighted by Crippen LogP contribution is -2.50. The zero-order chi connectivity index (χ0) is 15.5. The molecule has 4 nitrogen and oxygen atoms in total. The van der Waals surface area contributed by atoms with Gasteiger partial charge in [-0.25, -0.2) is 8.78 Å². The van der Waals surface area contributed by atoms with E-state index in [1.54, 1.807) is 25.3 Å². The topological polar surface area (TPSA) is 47.6 Å². The molecule has 0 saturated heterocycles. The molecule has 0 aliphatic heterocycles. The Bertz CT molecular complexity index is 517. The number of amides is 1. The minimum Gasteiger partial charge on any atom is -0.490 e. The molecule has 116 valence electrons. The molecule has 1 aromatic carbocycles. The van der Waals surface area contributed by atoms with Crippen molar-refractivity contribution in [2.24, 2.45) is 0 Å². The van der Waals surface area contributed by atoms with Gasteiger partial charge in [0.25, 0.3) is 11.8 Å². The minimum atomic E-state index is -2.66. The Morgan fingerprint density at radius 2 is 2.14 bits per heavy atom. The van der Waals surface area contributed by atoms with Crippen molar-refractivity contribution in [3.05, 3.63) is 28.2 Å². The Hall–Kier alpha value is -1.21. The highest BCUT2D eigenvalue weighted by Crippen LogP contribution is 2.37. The minimum absolute atomic E-state index is 0.305. The third-order valence-electron chi connectivity index (χ3n) is 3.16. The van der Waals surface area contributed by atoms with E-state index >= 15 is 0 Å². The maximum absolute atomic E-state index is 12.8. The molecule has 0 spiro atoms. The van der Waals surface area contributed by atoms with Crippen LogP contribution in [-0.2, 0) is 4.74 Å². The summed E-state index contributed by atoms with van der Waals surface area (Å²) >= 11 is 3.28. The van der Waals surface area contributed by atoms with E-state index in [-0.39, 0.29) is 12.8 Å². The van der Waals surface area contributed by atoms with Crippen LogP contribution in [-0.4, -0.2) is 38.2 Å². The largest absolute Gasteiger partial charge is 0.490 e. The third-order valence-corrected chi connectivity index (χ3v) is 3.65. The average Bonchev–Trinajstić information content (AvgIpc) is 2.38. The van der Waals surface area contributed by atoms with Gasteiger partial charge in [0.1, 0.15) is 12.4 Å². The molecule has 1 saturated carbocycles. The zero-order valence-electron chi connectivity index (χ0n) is 11.5. The lowest BCUT2D eigenvalue weighted by atomic mass is 9.88. The number of carbonyl (C=O) groups excluding carboxylic acids is 1. The molecule has 1 N–H and O–H groups in total. The lowest BCUT2D eigenvalue weighted by molar-refractivity contribution is -0.0901. The first-order valence-electron chi connectivity index (χ1n) is 6.51. The van der Waals surface area contributed by atoms with Crippen molar-refractivity contribution in [2.75, 3.05) is 20.3 Å². The Morgan fingerprint density at radius 1 is 1.43 bits per heavy atom. The van der Waals surface area contributed by atoms with Crippen LogP contribution in [0.4, 0.5) is 8.78 Å². The van der Waals surface area contributed by atoms with Crippen molar-refractivity contribution in [1.82, 2.24) is 5.32 Å². The van der Waals surface area contributed by atoms with E-state index in [0.717, 1.165) is 0 Å². The van der Waals surface area contributed by atoms with E-state index < -0.39 is 17.9 Å². The molecule has 0 bridgehead atoms. The summed E-state index contributed by atoms with van der Waals surface area (Å²) in [5.41, 5.74) is 0.315. The molecule has 1 aromatic rings. The molecule has 2 rings (SSSR count). The third kappa shape index (κ3) is 4.38. The summed E-state index contributed by atoms with van der Waals surface area (Å²) in [7, 11) is 1.55. The predicted octanol–water partition coefficient (Wildman–Crippen LogP) is 3.00. The molecule has 1 aliphatic rings. The molecule has 0 aromatic heterocycles. The predicted molar refractivity (Wildman–Crippen MR) is 76.9 cm³/mol. The van der Waals surface area contributed by atoms with Crippen LogP contribution >= 0.6 is 15.9 Å². The zero-order valence-corrected chi connectivity index (χ0v) is 13.1. The van der Waals surface area contributed by atoms with Gasteiger partial charge < -0.3 is 14.8 Å². The van der Waals surface area contributed by atoms with Gasteiger partial charge in [0, 0.05) is 30.5 Å². The Balaban J connectivity index is 2.02. The Morgan fingerprint density at radius 3 is 2.76 bits per heavy atom. The second kappa shape index (κ2) is 6.70. The smallest absolute Gasteiger partial charge is 0.255 e. The number of rotatable bonds is 6. The highest BCUT2D eigenvalue weighted by Gasteiger charge is 2.46. The maximum atomic E-state index is 12.8. The van der Waals surface area contributed by atoms with E-state index in [1.165, 1.54) is 0 Å². The van der Waals surface area contributed by atoms with Crippen LogP contribution in [0.5, 0.6) is 5.75 Å². The molecule has 0 unspecified atom stereocenters. The van der Waals surface area contributed by atoms with Crippen molar-refractivity contribution in [1.29, 1.82) is 0 Å². The van der Waals surface area contributed by atoms with Gasteiger partial charge in [-0.2, -0.15) is 0 Å². The van der Waals surface area contributed by atoms with Gasteiger partial charge in [0.15, 0.2) is 0 Å². The van der Waals surface area contributed by atoms with E-state index in [4.69, 9.17) is 9.47 Å². The van der Waals surface area contributed by atoms with Crippen LogP contribution in [0.2, 0.25) is 0 Å². The Kier molecular flexibility index (Phi) is 5.16. The fourth-order valence-corrected chi connectivity index (χ4v) is 2.43. The standard InChI is InChI=1S/C14H16BrF2NO3/c1-20-4-5-21-12-3-2-9(15)6-11(12)13(19)18-10-7-14(16,17)8-10/h2-3,6,10H,4-5,7-8H2,1H3,(H,18,19). The number of hydrogen-bond donors (Lipinski definition) is 1. The van der Waals surface area contributed by atoms with E-state index in [9.17, 15) is 13.6 Å². The molecular weight excluding hydrogens is 348 g/mol.